The van der Waals surface area contributed by atoms with Crippen molar-refractivity contribution in [2.24, 2.45) is 0 Å². The van der Waals surface area contributed by atoms with Gasteiger partial charge in [-0.05, 0) is 34.7 Å². The number of ether oxygens (including phenoxy) is 1. The normalized spacial score (nSPS) is 14.8. The molecule has 1 aliphatic heterocycles. The fourth-order valence-electron chi connectivity index (χ4n) is 4.23. The molecule has 1 atom stereocenters. The van der Waals surface area contributed by atoms with Crippen molar-refractivity contribution in [3.05, 3.63) is 100 Å². The minimum Gasteiger partial charge on any atom is -0.478 e. The van der Waals surface area contributed by atoms with Crippen LogP contribution in [0, 0.1) is 0 Å². The Morgan fingerprint density at radius 2 is 1.70 bits per heavy atom. The third-order valence-corrected chi connectivity index (χ3v) is 5.74. The van der Waals surface area contributed by atoms with Gasteiger partial charge >= 0.3 is 5.63 Å². The topological polar surface area (TPSA) is 42.7 Å². The van der Waals surface area contributed by atoms with Gasteiger partial charge in [0, 0.05) is 24.5 Å². The molecule has 0 bridgehead atoms. The third kappa shape index (κ3) is 3.51. The zero-order chi connectivity index (χ0) is 20.5. The van der Waals surface area contributed by atoms with Crippen molar-refractivity contribution in [1.29, 1.82) is 0 Å². The maximum absolute atomic E-state index is 12.4. The van der Waals surface area contributed by atoms with E-state index in [0.717, 1.165) is 34.4 Å². The van der Waals surface area contributed by atoms with Crippen molar-refractivity contribution in [2.45, 2.75) is 19.4 Å². The van der Waals surface area contributed by atoms with Crippen LogP contribution in [0.15, 0.2) is 88.1 Å². The fourth-order valence-corrected chi connectivity index (χ4v) is 4.23. The molecule has 0 saturated heterocycles. The quantitative estimate of drug-likeness (QED) is 0.432. The van der Waals surface area contributed by atoms with Crippen molar-refractivity contribution in [3.63, 3.8) is 0 Å². The van der Waals surface area contributed by atoms with Crippen LogP contribution in [0.2, 0.25) is 0 Å². The van der Waals surface area contributed by atoms with Gasteiger partial charge in [0.2, 0.25) is 0 Å². The summed E-state index contributed by atoms with van der Waals surface area (Å²) >= 11 is 0. The fraction of sp³-hybridized carbons (Fsp3) is 0.192. The smallest absolute Gasteiger partial charge is 0.336 e. The summed E-state index contributed by atoms with van der Waals surface area (Å²) in [6, 6.07) is 26.0. The summed E-state index contributed by atoms with van der Waals surface area (Å²) in [5, 5.41) is 0.932. The van der Waals surface area contributed by atoms with E-state index in [0.29, 0.717) is 24.8 Å². The summed E-state index contributed by atoms with van der Waals surface area (Å²) in [5.74, 6) is 1.16. The summed E-state index contributed by atoms with van der Waals surface area (Å²) in [5.41, 5.74) is 4.41. The van der Waals surface area contributed by atoms with Crippen LogP contribution in [0.3, 0.4) is 0 Å². The predicted molar refractivity (Wildman–Crippen MR) is 119 cm³/mol. The van der Waals surface area contributed by atoms with E-state index in [2.05, 4.69) is 36.1 Å². The minimum absolute atomic E-state index is 0.343. The standard InChI is InChI=1S/C26H23NO3/c1-18(19-8-4-2-5-9-19)15-27-16-23-24(29-17-27)13-12-21-22(14-25(28)30-26(21)23)20-10-6-3-7-11-20/h2-14,18H,15-17H2,1H3/t18-/m1/s1. The molecule has 0 fully saturated rings. The van der Waals surface area contributed by atoms with Crippen molar-refractivity contribution in [2.75, 3.05) is 13.3 Å². The Morgan fingerprint density at radius 3 is 2.47 bits per heavy atom. The molecular formula is C26H23NO3. The molecule has 0 saturated carbocycles. The Morgan fingerprint density at radius 1 is 0.967 bits per heavy atom. The molecule has 1 aromatic heterocycles. The number of hydrogen-bond donors (Lipinski definition) is 0. The SMILES string of the molecule is C[C@H](CN1COc2ccc3c(-c4ccccc4)cc(=O)oc3c2C1)c1ccccc1. The second-order valence-electron chi connectivity index (χ2n) is 7.86. The first-order valence-electron chi connectivity index (χ1n) is 10.2. The Hall–Kier alpha value is -3.37. The summed E-state index contributed by atoms with van der Waals surface area (Å²) in [6.45, 7) is 4.30. The van der Waals surface area contributed by atoms with Crippen LogP contribution in [0.1, 0.15) is 24.0 Å². The van der Waals surface area contributed by atoms with Crippen LogP contribution in [-0.4, -0.2) is 18.2 Å². The lowest BCUT2D eigenvalue weighted by atomic mass is 9.98. The van der Waals surface area contributed by atoms with E-state index in [1.54, 1.807) is 6.07 Å². The third-order valence-electron chi connectivity index (χ3n) is 5.74. The molecule has 0 spiro atoms. The zero-order valence-electron chi connectivity index (χ0n) is 16.9. The lowest BCUT2D eigenvalue weighted by Gasteiger charge is -2.31. The van der Waals surface area contributed by atoms with Crippen molar-refractivity contribution >= 4 is 11.0 Å². The summed E-state index contributed by atoms with van der Waals surface area (Å²) < 4.78 is 11.7. The molecule has 4 heteroatoms. The van der Waals surface area contributed by atoms with E-state index < -0.39 is 0 Å². The highest BCUT2D eigenvalue weighted by Crippen LogP contribution is 2.36. The van der Waals surface area contributed by atoms with Crippen LogP contribution in [0.25, 0.3) is 22.1 Å². The Kier molecular flexibility index (Phi) is 4.85. The Labute approximate surface area is 175 Å². The van der Waals surface area contributed by atoms with Crippen LogP contribution in [0.4, 0.5) is 0 Å². The molecule has 5 rings (SSSR count). The van der Waals surface area contributed by atoms with E-state index in [-0.39, 0.29) is 5.63 Å². The molecule has 0 aliphatic carbocycles. The number of rotatable bonds is 4. The average Bonchev–Trinajstić information content (AvgIpc) is 2.79. The number of hydrogen-bond acceptors (Lipinski definition) is 4. The van der Waals surface area contributed by atoms with Gasteiger partial charge < -0.3 is 9.15 Å². The summed E-state index contributed by atoms with van der Waals surface area (Å²) in [6.07, 6.45) is 0. The van der Waals surface area contributed by atoms with Gasteiger partial charge in [0.1, 0.15) is 18.1 Å². The Bertz CT molecular complexity index is 1230. The first-order chi connectivity index (χ1) is 14.7. The van der Waals surface area contributed by atoms with Gasteiger partial charge in [-0.25, -0.2) is 4.79 Å². The highest BCUT2D eigenvalue weighted by atomic mass is 16.5. The number of benzene rings is 3. The summed E-state index contributed by atoms with van der Waals surface area (Å²) in [4.78, 5) is 14.6. The van der Waals surface area contributed by atoms with Gasteiger partial charge in [-0.15, -0.1) is 0 Å². The molecule has 0 unspecified atom stereocenters. The summed E-state index contributed by atoms with van der Waals surface area (Å²) in [7, 11) is 0. The molecule has 4 nitrogen and oxygen atoms in total. The van der Waals surface area contributed by atoms with Crippen LogP contribution in [-0.2, 0) is 6.54 Å². The second-order valence-corrected chi connectivity index (χ2v) is 7.86. The van der Waals surface area contributed by atoms with Crippen molar-refractivity contribution < 1.29 is 9.15 Å². The highest BCUT2D eigenvalue weighted by molar-refractivity contribution is 5.95. The van der Waals surface area contributed by atoms with Crippen LogP contribution >= 0.6 is 0 Å². The van der Waals surface area contributed by atoms with Crippen LogP contribution < -0.4 is 10.4 Å². The predicted octanol–water partition coefficient (Wildman–Crippen LogP) is 5.42. The maximum atomic E-state index is 12.4. The van der Waals surface area contributed by atoms with Gasteiger partial charge in [-0.1, -0.05) is 67.6 Å². The molecule has 2 heterocycles. The molecule has 0 N–H and O–H groups in total. The molecule has 0 radical (unpaired) electrons. The Balaban J connectivity index is 1.52. The van der Waals surface area contributed by atoms with Gasteiger partial charge in [-0.2, -0.15) is 0 Å². The maximum Gasteiger partial charge on any atom is 0.336 e. The molecule has 4 aromatic rings. The van der Waals surface area contributed by atoms with E-state index in [1.807, 2.05) is 48.5 Å². The van der Waals surface area contributed by atoms with Crippen LogP contribution in [0.5, 0.6) is 5.75 Å². The van der Waals surface area contributed by atoms with Crippen molar-refractivity contribution in [3.8, 4) is 16.9 Å². The van der Waals surface area contributed by atoms with Gasteiger partial charge in [0.15, 0.2) is 0 Å². The molecule has 1 aliphatic rings. The number of fused-ring (bicyclic) bond motifs is 3. The largest absolute Gasteiger partial charge is 0.478 e. The highest BCUT2D eigenvalue weighted by Gasteiger charge is 2.24. The van der Waals surface area contributed by atoms with E-state index in [1.165, 1.54) is 5.56 Å². The molecular weight excluding hydrogens is 374 g/mol. The molecule has 3 aromatic carbocycles. The first kappa shape index (κ1) is 18.6. The average molecular weight is 397 g/mol. The van der Waals surface area contributed by atoms with Gasteiger partial charge in [0.05, 0.1) is 5.56 Å². The van der Waals surface area contributed by atoms with E-state index >= 15 is 0 Å². The lowest BCUT2D eigenvalue weighted by Crippen LogP contribution is -2.34. The monoisotopic (exact) mass is 397 g/mol. The van der Waals surface area contributed by atoms with Crippen molar-refractivity contribution in [1.82, 2.24) is 4.90 Å². The molecule has 30 heavy (non-hydrogen) atoms. The molecule has 0 amide bonds. The minimum atomic E-state index is -0.343. The lowest BCUT2D eigenvalue weighted by molar-refractivity contribution is 0.0909. The zero-order valence-corrected chi connectivity index (χ0v) is 16.9. The first-order valence-corrected chi connectivity index (χ1v) is 10.2. The second kappa shape index (κ2) is 7.81. The number of nitrogens with zero attached hydrogens (tertiary/aromatic N) is 1. The van der Waals surface area contributed by atoms with E-state index in [9.17, 15) is 4.79 Å². The molecule has 150 valence electrons. The van der Waals surface area contributed by atoms with Gasteiger partial charge in [0.25, 0.3) is 0 Å². The van der Waals surface area contributed by atoms with E-state index in [4.69, 9.17) is 9.15 Å². The van der Waals surface area contributed by atoms with Gasteiger partial charge in [-0.3, -0.25) is 4.90 Å².